The van der Waals surface area contributed by atoms with Gasteiger partial charge in [0, 0.05) is 6.54 Å². The maximum Gasteiger partial charge on any atom is 0.253 e. The second kappa shape index (κ2) is 5.50. The molecule has 0 spiro atoms. The number of carbonyl (C=O) groups excluding carboxylic acids is 1. The summed E-state index contributed by atoms with van der Waals surface area (Å²) in [5.41, 5.74) is 7.64. The molecule has 3 rings (SSSR count). The number of carbonyl (C=O) groups is 1. The number of nitrogen functional groups attached to an aromatic ring is 1. The number of hydrogen-bond acceptors (Lipinski definition) is 4. The fraction of sp³-hybridized carbons (Fsp3) is 0.429. The number of benzene rings is 1. The average molecular weight is 273 g/mol. The smallest absolute Gasteiger partial charge is 0.253 e. The molecule has 1 aliphatic heterocycles. The van der Waals surface area contributed by atoms with Gasteiger partial charge < -0.3 is 21.4 Å². The van der Waals surface area contributed by atoms with Gasteiger partial charge in [-0.05, 0) is 44.0 Å². The lowest BCUT2D eigenvalue weighted by atomic mass is 9.98. The van der Waals surface area contributed by atoms with Crippen molar-refractivity contribution in [3.63, 3.8) is 0 Å². The van der Waals surface area contributed by atoms with E-state index in [4.69, 9.17) is 5.73 Å². The number of nitrogens with zero attached hydrogens (tertiary/aromatic N) is 1. The number of amides is 1. The topological polar surface area (TPSA) is 95.8 Å². The zero-order valence-corrected chi connectivity index (χ0v) is 11.3. The second-order valence-electron chi connectivity index (χ2n) is 5.23. The van der Waals surface area contributed by atoms with Gasteiger partial charge in [-0.25, -0.2) is 4.98 Å². The number of fused-ring (bicyclic) bond motifs is 1. The quantitative estimate of drug-likeness (QED) is 0.667. The summed E-state index contributed by atoms with van der Waals surface area (Å²) in [4.78, 5) is 19.4. The molecule has 0 atom stereocenters. The number of nitrogens with two attached hydrogens (primary N) is 1. The molecule has 20 heavy (non-hydrogen) atoms. The summed E-state index contributed by atoms with van der Waals surface area (Å²) in [5, 5.41) is 6.33. The van der Waals surface area contributed by atoms with Crippen LogP contribution in [0.5, 0.6) is 0 Å². The Labute approximate surface area is 117 Å². The van der Waals surface area contributed by atoms with Crippen molar-refractivity contribution < 1.29 is 4.79 Å². The van der Waals surface area contributed by atoms with Crippen molar-refractivity contribution in [2.75, 3.05) is 25.4 Å². The minimum absolute atomic E-state index is 0.0827. The molecule has 6 heteroatoms. The highest BCUT2D eigenvalue weighted by molar-refractivity contribution is 6.05. The summed E-state index contributed by atoms with van der Waals surface area (Å²) in [6.45, 7) is 2.79. The number of H-pyrrole nitrogens is 1. The van der Waals surface area contributed by atoms with Crippen molar-refractivity contribution >= 4 is 22.9 Å². The Morgan fingerprint density at radius 3 is 3.00 bits per heavy atom. The largest absolute Gasteiger partial charge is 0.369 e. The summed E-state index contributed by atoms with van der Waals surface area (Å²) < 4.78 is 0. The lowest BCUT2D eigenvalue weighted by molar-refractivity contribution is 0.0945. The van der Waals surface area contributed by atoms with Gasteiger partial charge >= 0.3 is 0 Å². The fourth-order valence-corrected chi connectivity index (χ4v) is 2.65. The zero-order chi connectivity index (χ0) is 13.9. The molecular weight excluding hydrogens is 254 g/mol. The Morgan fingerprint density at radius 2 is 2.20 bits per heavy atom. The summed E-state index contributed by atoms with van der Waals surface area (Å²) in [7, 11) is 0. The van der Waals surface area contributed by atoms with Gasteiger partial charge in [0.1, 0.15) is 5.52 Å². The Bertz CT molecular complexity index is 615. The molecule has 1 aromatic heterocycles. The first-order valence-electron chi connectivity index (χ1n) is 6.97. The third-order valence-electron chi connectivity index (χ3n) is 3.79. The summed E-state index contributed by atoms with van der Waals surface area (Å²) in [6.07, 6.45) is 2.22. The van der Waals surface area contributed by atoms with Crippen LogP contribution >= 0.6 is 0 Å². The van der Waals surface area contributed by atoms with E-state index in [0.717, 1.165) is 38.0 Å². The van der Waals surface area contributed by atoms with Crippen molar-refractivity contribution in [1.29, 1.82) is 0 Å². The van der Waals surface area contributed by atoms with Crippen molar-refractivity contribution in [3.05, 3.63) is 23.8 Å². The van der Waals surface area contributed by atoms with Gasteiger partial charge in [-0.1, -0.05) is 6.07 Å². The van der Waals surface area contributed by atoms with E-state index in [9.17, 15) is 4.79 Å². The number of nitrogens with one attached hydrogen (secondary N) is 3. The maximum absolute atomic E-state index is 12.3. The van der Waals surface area contributed by atoms with Crippen LogP contribution in [0.15, 0.2) is 18.2 Å². The van der Waals surface area contributed by atoms with Crippen LogP contribution in [-0.2, 0) is 0 Å². The number of aromatic nitrogens is 2. The predicted molar refractivity (Wildman–Crippen MR) is 78.4 cm³/mol. The van der Waals surface area contributed by atoms with E-state index in [-0.39, 0.29) is 5.91 Å². The number of imidazole rings is 1. The highest BCUT2D eigenvalue weighted by Gasteiger charge is 2.16. The number of anilines is 1. The molecule has 2 heterocycles. The molecule has 1 aliphatic rings. The predicted octanol–water partition coefficient (Wildman–Crippen LogP) is 0.874. The monoisotopic (exact) mass is 273 g/mol. The fourth-order valence-electron chi connectivity index (χ4n) is 2.65. The molecule has 106 valence electrons. The molecule has 1 fully saturated rings. The minimum atomic E-state index is -0.0827. The van der Waals surface area contributed by atoms with Crippen LogP contribution < -0.4 is 16.4 Å². The van der Waals surface area contributed by atoms with Gasteiger partial charge in [0.15, 0.2) is 5.95 Å². The molecule has 1 aromatic carbocycles. The number of piperidine rings is 1. The Hall–Kier alpha value is -2.08. The average Bonchev–Trinajstić information content (AvgIpc) is 2.85. The molecule has 0 aliphatic carbocycles. The summed E-state index contributed by atoms with van der Waals surface area (Å²) >= 11 is 0. The molecule has 1 amide bonds. The molecule has 6 nitrogen and oxygen atoms in total. The molecule has 0 saturated carbocycles. The lowest BCUT2D eigenvalue weighted by Crippen LogP contribution is -2.36. The summed E-state index contributed by atoms with van der Waals surface area (Å²) in [5.74, 6) is 0.808. The third-order valence-corrected chi connectivity index (χ3v) is 3.79. The first-order valence-corrected chi connectivity index (χ1v) is 6.97. The zero-order valence-electron chi connectivity index (χ0n) is 11.3. The highest BCUT2D eigenvalue weighted by atomic mass is 16.1. The number of hydrogen-bond donors (Lipinski definition) is 4. The molecule has 0 unspecified atom stereocenters. The van der Waals surface area contributed by atoms with Crippen molar-refractivity contribution in [3.8, 4) is 0 Å². The van der Waals surface area contributed by atoms with E-state index in [0.29, 0.717) is 22.9 Å². The third kappa shape index (κ3) is 2.60. The molecule has 5 N–H and O–H groups in total. The van der Waals surface area contributed by atoms with Gasteiger partial charge in [0.05, 0.1) is 11.1 Å². The van der Waals surface area contributed by atoms with Crippen LogP contribution in [0.25, 0.3) is 11.0 Å². The normalized spacial score (nSPS) is 16.4. The molecule has 0 bridgehead atoms. The van der Waals surface area contributed by atoms with Crippen LogP contribution in [0.4, 0.5) is 5.95 Å². The SMILES string of the molecule is Nc1nc2c(C(=O)NCC3CCNCC3)cccc2[nH]1. The van der Waals surface area contributed by atoms with Gasteiger partial charge in [0.25, 0.3) is 5.91 Å². The summed E-state index contributed by atoms with van der Waals surface area (Å²) in [6, 6.07) is 5.47. The van der Waals surface area contributed by atoms with Crippen LogP contribution in [0.3, 0.4) is 0 Å². The first kappa shape index (κ1) is 12.9. The van der Waals surface area contributed by atoms with Crippen LogP contribution in [0.1, 0.15) is 23.2 Å². The van der Waals surface area contributed by atoms with Gasteiger partial charge in [0.2, 0.25) is 0 Å². The van der Waals surface area contributed by atoms with Crippen LogP contribution in [-0.4, -0.2) is 35.5 Å². The van der Waals surface area contributed by atoms with E-state index >= 15 is 0 Å². The standard InChI is InChI=1S/C14H19N5O/c15-14-18-11-3-1-2-10(12(11)19-14)13(20)17-8-9-4-6-16-7-5-9/h1-3,9,16H,4-8H2,(H,17,20)(H3,15,18,19). The minimum Gasteiger partial charge on any atom is -0.369 e. The Morgan fingerprint density at radius 1 is 1.40 bits per heavy atom. The number of aromatic amines is 1. The van der Waals surface area contributed by atoms with Crippen LogP contribution in [0.2, 0.25) is 0 Å². The second-order valence-corrected chi connectivity index (χ2v) is 5.23. The van der Waals surface area contributed by atoms with E-state index in [1.54, 1.807) is 6.07 Å². The van der Waals surface area contributed by atoms with E-state index in [1.807, 2.05) is 12.1 Å². The molecule has 2 aromatic rings. The van der Waals surface area contributed by atoms with Gasteiger partial charge in [-0.2, -0.15) is 0 Å². The van der Waals surface area contributed by atoms with Crippen molar-refractivity contribution in [1.82, 2.24) is 20.6 Å². The van der Waals surface area contributed by atoms with Gasteiger partial charge in [-0.15, -0.1) is 0 Å². The molecule has 1 saturated heterocycles. The molecule has 0 radical (unpaired) electrons. The van der Waals surface area contributed by atoms with E-state index in [1.165, 1.54) is 0 Å². The first-order chi connectivity index (χ1) is 9.74. The lowest BCUT2D eigenvalue weighted by Gasteiger charge is -2.22. The van der Waals surface area contributed by atoms with Crippen molar-refractivity contribution in [2.24, 2.45) is 5.92 Å². The Balaban J connectivity index is 1.71. The van der Waals surface area contributed by atoms with Gasteiger partial charge in [-0.3, -0.25) is 4.79 Å². The molecular formula is C14H19N5O. The van der Waals surface area contributed by atoms with Crippen molar-refractivity contribution in [2.45, 2.75) is 12.8 Å². The highest BCUT2D eigenvalue weighted by Crippen LogP contribution is 2.17. The van der Waals surface area contributed by atoms with Crippen LogP contribution in [0, 0.1) is 5.92 Å². The number of rotatable bonds is 3. The van der Waals surface area contributed by atoms with E-state index < -0.39 is 0 Å². The Kier molecular flexibility index (Phi) is 3.56. The van der Waals surface area contributed by atoms with E-state index in [2.05, 4.69) is 20.6 Å². The maximum atomic E-state index is 12.3. The number of para-hydroxylation sites is 1.